The normalized spacial score (nSPS) is 12.9. The average Bonchev–Trinajstić information content (AvgIpc) is 3.36. The van der Waals surface area contributed by atoms with E-state index in [0.717, 1.165) is 27.3 Å². The summed E-state index contributed by atoms with van der Waals surface area (Å²) in [5, 5.41) is 0. The molecule has 2 aromatic heterocycles. The van der Waals surface area contributed by atoms with Crippen molar-refractivity contribution in [3.8, 4) is 23.2 Å². The van der Waals surface area contributed by atoms with Crippen LogP contribution >= 0.6 is 0 Å². The molecule has 0 atom stereocenters. The van der Waals surface area contributed by atoms with Crippen LogP contribution in [-0.2, 0) is 36.0 Å². The van der Waals surface area contributed by atoms with Gasteiger partial charge in [-0.25, -0.2) is 24.5 Å². The van der Waals surface area contributed by atoms with Gasteiger partial charge >= 0.3 is 12.2 Å². The summed E-state index contributed by atoms with van der Waals surface area (Å²) in [7, 11) is 1.84. The number of nitrogens with zero attached hydrogens (tertiary/aromatic N) is 5. The topological polar surface area (TPSA) is 133 Å². The molecule has 5 rings (SSSR count). The first-order chi connectivity index (χ1) is 23.1. The Balaban J connectivity index is 1.42. The second-order valence-electron chi connectivity index (χ2n) is 13.9. The molecule has 1 aliphatic heterocycles. The van der Waals surface area contributed by atoms with Crippen molar-refractivity contribution in [3.63, 3.8) is 0 Å². The highest BCUT2D eigenvalue weighted by molar-refractivity contribution is 6.05. The van der Waals surface area contributed by atoms with Gasteiger partial charge in [-0.3, -0.25) is 9.69 Å². The minimum absolute atomic E-state index is 0.0593. The molecule has 254 valence electrons. The van der Waals surface area contributed by atoms with Crippen molar-refractivity contribution in [2.24, 2.45) is 7.05 Å². The van der Waals surface area contributed by atoms with Crippen molar-refractivity contribution in [1.82, 2.24) is 24.3 Å². The molecule has 0 bridgehead atoms. The number of aromatic nitrogens is 3. The van der Waals surface area contributed by atoms with Crippen molar-refractivity contribution in [3.05, 3.63) is 100 Å². The van der Waals surface area contributed by atoms with Crippen LogP contribution in [0.25, 0.3) is 11.4 Å². The molecule has 0 aliphatic carbocycles. The molecule has 1 aliphatic rings. The Labute approximate surface area is 287 Å². The van der Waals surface area contributed by atoms with E-state index in [4.69, 9.17) is 15.2 Å². The molecule has 0 spiro atoms. The predicted molar refractivity (Wildman–Crippen MR) is 186 cm³/mol. The molecule has 0 saturated carbocycles. The monoisotopic (exact) mass is 662 g/mol. The quantitative estimate of drug-likeness (QED) is 0.245. The number of carbonyl (C=O) groups is 3. The Morgan fingerprint density at radius 2 is 1.59 bits per heavy atom. The van der Waals surface area contributed by atoms with Gasteiger partial charge in [0.1, 0.15) is 16.9 Å². The van der Waals surface area contributed by atoms with Crippen LogP contribution in [0.4, 0.5) is 15.5 Å². The zero-order valence-electron chi connectivity index (χ0n) is 29.0. The molecule has 11 heteroatoms. The standard InChI is InChI=1S/C38H42N6O5/c1-37(2,3)48-35(46)43(23-26-12-9-8-10-13-26)24-27-15-11-14-25(20-27)16-17-28-22-40-34(39)41-32(28)31-21-29-30(42(31)7)18-19-44(33(29)45)36(47)49-38(4,5)6/h8-15,20-22H,18-19,23-24H2,1-7H3,(H2,39,40,41). The molecular weight excluding hydrogens is 620 g/mol. The van der Waals surface area contributed by atoms with E-state index in [1.807, 2.05) is 87.0 Å². The van der Waals surface area contributed by atoms with Crippen molar-refractivity contribution >= 4 is 24.0 Å². The van der Waals surface area contributed by atoms with Crippen LogP contribution in [0, 0.1) is 11.8 Å². The summed E-state index contributed by atoms with van der Waals surface area (Å²) >= 11 is 0. The van der Waals surface area contributed by atoms with E-state index in [-0.39, 0.29) is 12.5 Å². The highest BCUT2D eigenvalue weighted by atomic mass is 16.6. The van der Waals surface area contributed by atoms with Gasteiger partial charge in [-0.1, -0.05) is 54.3 Å². The number of rotatable bonds is 5. The summed E-state index contributed by atoms with van der Waals surface area (Å²) in [5.74, 6) is 6.01. The fourth-order valence-electron chi connectivity index (χ4n) is 5.42. The largest absolute Gasteiger partial charge is 0.444 e. The first-order valence-corrected chi connectivity index (χ1v) is 16.1. The number of imide groups is 1. The Kier molecular flexibility index (Phi) is 9.80. The maximum absolute atomic E-state index is 13.4. The van der Waals surface area contributed by atoms with Crippen molar-refractivity contribution < 1.29 is 23.9 Å². The number of carbonyl (C=O) groups excluding carboxylic acids is 3. The summed E-state index contributed by atoms with van der Waals surface area (Å²) in [6.45, 7) is 11.7. The average molecular weight is 663 g/mol. The molecule has 3 heterocycles. The van der Waals surface area contributed by atoms with Crippen LogP contribution in [0.3, 0.4) is 0 Å². The molecular formula is C38H42N6O5. The van der Waals surface area contributed by atoms with Gasteiger partial charge in [0.2, 0.25) is 5.95 Å². The summed E-state index contributed by atoms with van der Waals surface area (Å²) in [4.78, 5) is 50.9. The summed E-state index contributed by atoms with van der Waals surface area (Å²) in [6, 6.07) is 19.1. The molecule has 0 fully saturated rings. The van der Waals surface area contributed by atoms with Crippen LogP contribution < -0.4 is 5.73 Å². The lowest BCUT2D eigenvalue weighted by atomic mass is 10.1. The molecule has 2 aromatic carbocycles. The minimum Gasteiger partial charge on any atom is -0.444 e. The van der Waals surface area contributed by atoms with E-state index in [0.29, 0.717) is 42.0 Å². The number of hydrogen-bond acceptors (Lipinski definition) is 8. The number of nitrogens with two attached hydrogens (primary N) is 1. The van der Waals surface area contributed by atoms with E-state index in [1.54, 1.807) is 37.9 Å². The van der Waals surface area contributed by atoms with Crippen LogP contribution in [0.5, 0.6) is 0 Å². The zero-order chi connectivity index (χ0) is 35.5. The molecule has 4 aromatic rings. The molecule has 0 radical (unpaired) electrons. The van der Waals surface area contributed by atoms with Crippen LogP contribution in [0.15, 0.2) is 66.9 Å². The van der Waals surface area contributed by atoms with E-state index in [2.05, 4.69) is 21.8 Å². The van der Waals surface area contributed by atoms with Gasteiger partial charge in [-0.15, -0.1) is 0 Å². The minimum atomic E-state index is -0.731. The van der Waals surface area contributed by atoms with Gasteiger partial charge in [0.05, 0.1) is 16.8 Å². The Hall–Kier alpha value is -5.63. The number of benzene rings is 2. The second-order valence-corrected chi connectivity index (χ2v) is 13.9. The zero-order valence-corrected chi connectivity index (χ0v) is 29.0. The van der Waals surface area contributed by atoms with Crippen LogP contribution in [0.2, 0.25) is 0 Å². The first-order valence-electron chi connectivity index (χ1n) is 16.1. The molecule has 49 heavy (non-hydrogen) atoms. The summed E-state index contributed by atoms with van der Waals surface area (Å²) < 4.78 is 13.1. The number of nitrogen functional groups attached to an aromatic ring is 1. The lowest BCUT2D eigenvalue weighted by molar-refractivity contribution is 0.0209. The number of fused-ring (bicyclic) bond motifs is 1. The summed E-state index contributed by atoms with van der Waals surface area (Å²) in [5.41, 5.74) is 9.99. The van der Waals surface area contributed by atoms with Crippen molar-refractivity contribution in [2.75, 3.05) is 12.3 Å². The maximum Gasteiger partial charge on any atom is 0.417 e. The Morgan fingerprint density at radius 1 is 0.918 bits per heavy atom. The maximum atomic E-state index is 13.4. The van der Waals surface area contributed by atoms with Crippen LogP contribution in [-0.4, -0.2) is 60.2 Å². The summed E-state index contributed by atoms with van der Waals surface area (Å²) in [6.07, 6.45) is 0.923. The van der Waals surface area contributed by atoms with E-state index < -0.39 is 29.3 Å². The third kappa shape index (κ3) is 8.65. The van der Waals surface area contributed by atoms with E-state index >= 15 is 0 Å². The van der Waals surface area contributed by atoms with Gasteiger partial charge in [-0.05, 0) is 70.9 Å². The molecule has 0 unspecified atom stereocenters. The molecule has 3 amide bonds. The van der Waals surface area contributed by atoms with E-state index in [9.17, 15) is 14.4 Å². The van der Waals surface area contributed by atoms with Crippen LogP contribution in [0.1, 0.15) is 79.8 Å². The van der Waals surface area contributed by atoms with Gasteiger partial charge < -0.3 is 19.8 Å². The second kappa shape index (κ2) is 13.8. The van der Waals surface area contributed by atoms with Gasteiger partial charge in [0, 0.05) is 50.6 Å². The first kappa shape index (κ1) is 34.7. The highest BCUT2D eigenvalue weighted by Crippen LogP contribution is 2.31. The molecule has 2 N–H and O–H groups in total. The Morgan fingerprint density at radius 3 is 2.29 bits per heavy atom. The number of amides is 3. The highest BCUT2D eigenvalue weighted by Gasteiger charge is 2.35. The smallest absolute Gasteiger partial charge is 0.417 e. The lowest BCUT2D eigenvalue weighted by Gasteiger charge is -2.28. The molecule has 0 saturated heterocycles. The fourth-order valence-corrected chi connectivity index (χ4v) is 5.42. The fraction of sp³-hybridized carbons (Fsp3) is 0.342. The number of anilines is 1. The van der Waals surface area contributed by atoms with Gasteiger partial charge in [0.25, 0.3) is 5.91 Å². The van der Waals surface area contributed by atoms with Gasteiger partial charge in [0.15, 0.2) is 0 Å². The lowest BCUT2D eigenvalue weighted by Crippen LogP contribution is -2.44. The van der Waals surface area contributed by atoms with Crippen molar-refractivity contribution in [2.45, 2.75) is 72.3 Å². The van der Waals surface area contributed by atoms with Crippen molar-refractivity contribution in [1.29, 1.82) is 0 Å². The number of hydrogen-bond donors (Lipinski definition) is 1. The van der Waals surface area contributed by atoms with E-state index in [1.165, 1.54) is 0 Å². The van der Waals surface area contributed by atoms with Gasteiger partial charge in [-0.2, -0.15) is 0 Å². The Bertz CT molecular complexity index is 1940. The molecule has 11 nitrogen and oxygen atoms in total. The number of ether oxygens (including phenoxy) is 2. The third-order valence-electron chi connectivity index (χ3n) is 7.58. The predicted octanol–water partition coefficient (Wildman–Crippen LogP) is 6.33. The SMILES string of the molecule is Cn1c(-c2nc(N)ncc2C#Cc2cccc(CN(Cc3ccccc3)C(=O)OC(C)(C)C)c2)cc2c1CCN(C(=O)OC(C)(C)C)C2=O. The third-order valence-corrected chi connectivity index (χ3v) is 7.58.